The summed E-state index contributed by atoms with van der Waals surface area (Å²) in [5, 5.41) is 0.0439. The van der Waals surface area contributed by atoms with E-state index in [2.05, 4.69) is 39.4 Å². The molecule has 0 saturated carbocycles. The van der Waals surface area contributed by atoms with Gasteiger partial charge in [-0.25, -0.2) is 14.4 Å². The van der Waals surface area contributed by atoms with Crippen molar-refractivity contribution in [2.45, 2.75) is 64.6 Å². The van der Waals surface area contributed by atoms with Gasteiger partial charge in [0.2, 0.25) is 5.88 Å². The number of aliphatic imine (C=N–C) groups is 1. The van der Waals surface area contributed by atoms with Crippen LogP contribution in [0, 0.1) is 5.82 Å². The van der Waals surface area contributed by atoms with Crippen LogP contribution in [0.2, 0.25) is 5.02 Å². The molecule has 1 aromatic heterocycles. The molecule has 1 aliphatic rings. The molecule has 0 atom stereocenters. The van der Waals surface area contributed by atoms with Crippen molar-refractivity contribution in [3.63, 3.8) is 0 Å². The van der Waals surface area contributed by atoms with E-state index in [4.69, 9.17) is 26.1 Å². The molecular weight excluding hydrogens is 429 g/mol. The quantitative estimate of drug-likeness (QED) is 0.274. The van der Waals surface area contributed by atoms with E-state index in [1.807, 2.05) is 29.8 Å². The first-order chi connectivity index (χ1) is 15.0. The fourth-order valence-corrected chi connectivity index (χ4v) is 4.76. The van der Waals surface area contributed by atoms with Gasteiger partial charge in [0.05, 0.1) is 34.6 Å². The lowest BCUT2D eigenvalue weighted by molar-refractivity contribution is -0.162. The minimum absolute atomic E-state index is 0.0439. The van der Waals surface area contributed by atoms with Gasteiger partial charge in [-0.3, -0.25) is 4.57 Å². The first kappa shape index (κ1) is 24.2. The van der Waals surface area contributed by atoms with E-state index in [0.29, 0.717) is 23.0 Å². The van der Waals surface area contributed by atoms with E-state index in [0.717, 1.165) is 18.5 Å². The third-order valence-corrected chi connectivity index (χ3v) is 5.78. The van der Waals surface area contributed by atoms with Gasteiger partial charge in [-0.15, -0.1) is 0 Å². The molecule has 1 saturated heterocycles. The van der Waals surface area contributed by atoms with Crippen molar-refractivity contribution in [3.05, 3.63) is 64.8 Å². The number of hydrogen-bond donors (Lipinski definition) is 0. The fraction of sp³-hybridized carbons (Fsp3) is 0.440. The van der Waals surface area contributed by atoms with E-state index in [1.54, 1.807) is 19.2 Å². The number of hydrogen-bond acceptors (Lipinski definition) is 4. The lowest BCUT2D eigenvalue weighted by Crippen LogP contribution is -2.44. The van der Waals surface area contributed by atoms with Crippen LogP contribution in [-0.4, -0.2) is 34.6 Å². The Morgan fingerprint density at radius 1 is 1.31 bits per heavy atom. The summed E-state index contributed by atoms with van der Waals surface area (Å²) in [5.41, 5.74) is 1.72. The van der Waals surface area contributed by atoms with Crippen molar-refractivity contribution >= 4 is 23.9 Å². The van der Waals surface area contributed by atoms with Crippen molar-refractivity contribution < 1.29 is 13.9 Å². The number of rotatable bonds is 6. The minimum atomic E-state index is -0.472. The third kappa shape index (κ3) is 5.13. The predicted molar refractivity (Wildman–Crippen MR) is 128 cm³/mol. The van der Waals surface area contributed by atoms with Crippen LogP contribution in [0.25, 0.3) is 11.3 Å². The average molecular weight is 460 g/mol. The summed E-state index contributed by atoms with van der Waals surface area (Å²) in [6, 6.07) is 4.61. The van der Waals surface area contributed by atoms with Gasteiger partial charge in [-0.2, -0.15) is 0 Å². The molecule has 2 aromatic rings. The van der Waals surface area contributed by atoms with Crippen LogP contribution in [0.3, 0.4) is 0 Å². The lowest BCUT2D eigenvalue weighted by atomic mass is 9.79. The molecule has 7 heteroatoms. The monoisotopic (exact) mass is 459 g/mol. The zero-order valence-electron chi connectivity index (χ0n) is 19.6. The number of methoxy groups -OCH3 is 1. The number of imidazole rings is 1. The molecular formula is C25H31ClFN3O2. The second-order valence-corrected chi connectivity index (χ2v) is 9.67. The smallest absolute Gasteiger partial charge is 0.223 e. The number of halogens is 2. The zero-order chi connectivity index (χ0) is 23.7. The van der Waals surface area contributed by atoms with Gasteiger partial charge < -0.3 is 9.47 Å². The molecule has 0 amide bonds. The van der Waals surface area contributed by atoms with E-state index in [9.17, 15) is 4.39 Å². The van der Waals surface area contributed by atoms with Crippen LogP contribution < -0.4 is 0 Å². The van der Waals surface area contributed by atoms with Crippen molar-refractivity contribution in [2.75, 3.05) is 7.11 Å². The highest BCUT2D eigenvalue weighted by Gasteiger charge is 2.41. The first-order valence-corrected chi connectivity index (χ1v) is 11.0. The van der Waals surface area contributed by atoms with Crippen molar-refractivity contribution in [1.29, 1.82) is 0 Å². The van der Waals surface area contributed by atoms with Gasteiger partial charge in [-0.05, 0) is 72.4 Å². The molecule has 0 aliphatic carbocycles. The summed E-state index contributed by atoms with van der Waals surface area (Å²) < 4.78 is 27.5. The Bertz CT molecular complexity index is 1050. The molecule has 0 unspecified atom stereocenters. The fourth-order valence-electron chi connectivity index (χ4n) is 4.58. The number of benzene rings is 1. The summed E-state index contributed by atoms with van der Waals surface area (Å²) in [6.07, 6.45) is 7.41. The van der Waals surface area contributed by atoms with Crippen LogP contribution in [0.5, 0.6) is 0 Å². The predicted octanol–water partition coefficient (Wildman–Crippen LogP) is 6.71. The van der Waals surface area contributed by atoms with Crippen molar-refractivity contribution in [3.8, 4) is 5.69 Å². The Balaban J connectivity index is 2.23. The highest BCUT2D eigenvalue weighted by Crippen LogP contribution is 2.43. The molecule has 0 bridgehead atoms. The summed E-state index contributed by atoms with van der Waals surface area (Å²) in [4.78, 5) is 9.06. The maximum Gasteiger partial charge on any atom is 0.223 e. The van der Waals surface area contributed by atoms with Gasteiger partial charge in [-0.1, -0.05) is 23.8 Å². The zero-order valence-corrected chi connectivity index (χ0v) is 20.3. The average Bonchev–Trinajstić information content (AvgIpc) is 3.13. The Morgan fingerprint density at radius 3 is 2.50 bits per heavy atom. The second-order valence-electron chi connectivity index (χ2n) is 9.27. The van der Waals surface area contributed by atoms with Crippen molar-refractivity contribution in [2.24, 2.45) is 4.99 Å². The summed E-state index contributed by atoms with van der Waals surface area (Å²) >= 11 is 6.10. The van der Waals surface area contributed by atoms with Crippen LogP contribution in [0.4, 0.5) is 4.39 Å². The highest BCUT2D eigenvalue weighted by atomic mass is 35.5. The summed E-state index contributed by atoms with van der Waals surface area (Å²) in [7, 11) is 1.54. The molecule has 1 fully saturated rings. The SMILES string of the molecule is C=N/C(OC)=C(\C=C/C)c1nc(C2CC(C)(C)OC(C)(C)C2)cn1-c1ccc(F)c(Cl)c1. The largest absolute Gasteiger partial charge is 0.480 e. The van der Waals surface area contributed by atoms with Crippen LogP contribution >= 0.6 is 11.6 Å². The molecule has 172 valence electrons. The molecule has 0 radical (unpaired) electrons. The minimum Gasteiger partial charge on any atom is -0.480 e. The molecule has 2 heterocycles. The first-order valence-electron chi connectivity index (χ1n) is 10.6. The van der Waals surface area contributed by atoms with Crippen LogP contribution in [0.15, 0.2) is 47.4 Å². The maximum absolute atomic E-state index is 13.9. The van der Waals surface area contributed by atoms with Gasteiger partial charge in [0.1, 0.15) is 11.6 Å². The normalized spacial score (nSPS) is 19.1. The second kappa shape index (κ2) is 9.20. The third-order valence-electron chi connectivity index (χ3n) is 5.49. The Hall–Kier alpha value is -2.44. The standard InChI is InChI=1S/C25H31ClFN3O2/c1-8-9-18(23(28-6)31-7)22-29-21(16-13-24(2,3)32-25(4,5)14-16)15-30(22)17-10-11-20(27)19(26)12-17/h8-12,15-16H,6,13-14H2,1-5,7H3/b9-8-,23-18-. The van der Waals surface area contributed by atoms with E-state index < -0.39 is 5.82 Å². The topological polar surface area (TPSA) is 48.6 Å². The molecule has 0 spiro atoms. The van der Waals surface area contributed by atoms with Gasteiger partial charge in [0.15, 0.2) is 0 Å². The Labute approximate surface area is 194 Å². The van der Waals surface area contributed by atoms with E-state index in [-0.39, 0.29) is 22.1 Å². The maximum atomic E-state index is 13.9. The van der Waals surface area contributed by atoms with Crippen LogP contribution in [-0.2, 0) is 9.47 Å². The van der Waals surface area contributed by atoms with Gasteiger partial charge in [0.25, 0.3) is 0 Å². The van der Waals surface area contributed by atoms with E-state index >= 15 is 0 Å². The van der Waals surface area contributed by atoms with Gasteiger partial charge in [0, 0.05) is 17.8 Å². The molecule has 1 aliphatic heterocycles. The summed E-state index contributed by atoms with van der Waals surface area (Å²) in [5.74, 6) is 0.675. The van der Waals surface area contributed by atoms with Gasteiger partial charge >= 0.3 is 0 Å². The summed E-state index contributed by atoms with van der Waals surface area (Å²) in [6.45, 7) is 14.0. The molecule has 1 aromatic carbocycles. The molecule has 32 heavy (non-hydrogen) atoms. The molecule has 5 nitrogen and oxygen atoms in total. The van der Waals surface area contributed by atoms with Crippen LogP contribution in [0.1, 0.15) is 64.9 Å². The number of ether oxygens (including phenoxy) is 2. The van der Waals surface area contributed by atoms with Crippen molar-refractivity contribution in [1.82, 2.24) is 9.55 Å². The number of aromatic nitrogens is 2. The Kier molecular flexibility index (Phi) is 6.96. The molecule has 3 rings (SSSR count). The number of nitrogens with zero attached hydrogens (tertiary/aromatic N) is 3. The highest BCUT2D eigenvalue weighted by molar-refractivity contribution is 6.30. The lowest BCUT2D eigenvalue weighted by Gasteiger charge is -2.45. The Morgan fingerprint density at radius 2 is 1.97 bits per heavy atom. The molecule has 0 N–H and O–H groups in total. The van der Waals surface area contributed by atoms with E-state index in [1.165, 1.54) is 6.07 Å². The number of allylic oxidation sites excluding steroid dienone is 3.